The molecular weight excluding hydrogens is 1100 g/mol. The maximum absolute atomic E-state index is 13.3. The van der Waals surface area contributed by atoms with Crippen LogP contribution >= 0.6 is 0 Å². The summed E-state index contributed by atoms with van der Waals surface area (Å²) in [7, 11) is 0. The number of nitrogens with one attached hydrogen (secondary N) is 1. The zero-order chi connectivity index (χ0) is 63.1. The fourth-order valence-electron chi connectivity index (χ4n) is 9.94. The first-order valence-corrected chi connectivity index (χ1v) is 33.6. The molecule has 1 amide bonds. The minimum atomic E-state index is -1.80. The zero-order valence-corrected chi connectivity index (χ0v) is 53.4. The molecule has 0 radical (unpaired) electrons. The minimum absolute atomic E-state index is 0.249. The monoisotopic (exact) mass is 1220 g/mol. The molecule has 12 unspecified atom stereocenters. The highest BCUT2D eigenvalue weighted by atomic mass is 16.7. The van der Waals surface area contributed by atoms with Crippen LogP contribution in [-0.2, 0) is 23.7 Å². The van der Waals surface area contributed by atoms with Crippen molar-refractivity contribution in [3.63, 3.8) is 0 Å². The number of rotatable bonds is 52. The third-order valence-electron chi connectivity index (χ3n) is 15.3. The fraction of sp³-hybridized carbons (Fsp3) is 0.658. The van der Waals surface area contributed by atoms with Crippen molar-refractivity contribution in [2.75, 3.05) is 19.8 Å². The first-order chi connectivity index (χ1) is 42.6. The molecule has 9 N–H and O–H groups in total. The van der Waals surface area contributed by atoms with Crippen LogP contribution in [0.25, 0.3) is 0 Å². The maximum Gasteiger partial charge on any atom is 0.220 e. The van der Waals surface area contributed by atoms with Crippen LogP contribution in [0.15, 0.2) is 146 Å². The highest BCUT2D eigenvalue weighted by Crippen LogP contribution is 2.30. The van der Waals surface area contributed by atoms with Crippen molar-refractivity contribution in [1.29, 1.82) is 0 Å². The number of hydrogen-bond donors (Lipinski definition) is 9. The lowest BCUT2D eigenvalue weighted by molar-refractivity contribution is -0.359. The summed E-state index contributed by atoms with van der Waals surface area (Å²) in [4.78, 5) is 13.3. The Morgan fingerprint density at radius 3 is 1.22 bits per heavy atom. The van der Waals surface area contributed by atoms with Gasteiger partial charge in [0.2, 0.25) is 5.91 Å². The molecule has 0 bridgehead atoms. The molecule has 0 saturated carbocycles. The third-order valence-corrected chi connectivity index (χ3v) is 15.3. The van der Waals surface area contributed by atoms with Crippen LogP contribution in [0.1, 0.15) is 213 Å². The molecule has 2 fully saturated rings. The number of carbonyl (C=O) groups excluding carboxylic acids is 1. The van der Waals surface area contributed by atoms with E-state index in [1.807, 2.05) is 6.08 Å². The van der Waals surface area contributed by atoms with Gasteiger partial charge in [0, 0.05) is 6.42 Å². The van der Waals surface area contributed by atoms with Crippen molar-refractivity contribution in [2.24, 2.45) is 0 Å². The Hall–Kier alpha value is -4.13. The van der Waals surface area contributed by atoms with E-state index >= 15 is 0 Å². The van der Waals surface area contributed by atoms with Gasteiger partial charge in [0.25, 0.3) is 0 Å². The molecule has 12 atom stereocenters. The van der Waals surface area contributed by atoms with Crippen LogP contribution in [0.2, 0.25) is 0 Å². The number of carbonyl (C=O) groups is 1. The number of ether oxygens (including phenoxy) is 4. The average molecular weight is 1220 g/mol. The Kier molecular flexibility index (Phi) is 50.7. The molecule has 2 saturated heterocycles. The molecule has 0 spiro atoms. The van der Waals surface area contributed by atoms with Gasteiger partial charge in [-0.2, -0.15) is 0 Å². The molecule has 14 nitrogen and oxygen atoms in total. The van der Waals surface area contributed by atoms with Gasteiger partial charge in [-0.1, -0.05) is 250 Å². The maximum atomic E-state index is 13.3. The first kappa shape index (κ1) is 79.0. The Balaban J connectivity index is 1.66. The van der Waals surface area contributed by atoms with E-state index in [-0.39, 0.29) is 18.9 Å². The lowest BCUT2D eigenvalue weighted by Gasteiger charge is -2.46. The highest BCUT2D eigenvalue weighted by molar-refractivity contribution is 5.76. The lowest BCUT2D eigenvalue weighted by atomic mass is 9.97. The highest BCUT2D eigenvalue weighted by Gasteiger charge is 2.51. The molecule has 0 aromatic carbocycles. The van der Waals surface area contributed by atoms with E-state index in [2.05, 4.69) is 153 Å². The summed E-state index contributed by atoms with van der Waals surface area (Å²) >= 11 is 0. The van der Waals surface area contributed by atoms with Gasteiger partial charge >= 0.3 is 0 Å². The second kappa shape index (κ2) is 55.9. The SMILES string of the molecule is CC/C=C\C/C=C\C/C=C\C/C=C\C/C=C\C/C=C\C/C=C\C/C=C\C/C=C\C/C=C\C/C=C\CCCCCCCC(=O)NC(COC1OC(CO)C(OC2OC(CO)C(O)C(O)C2O)C(O)C1O)C(O)/C=C/CCCCCCCCCCCCCC. The van der Waals surface area contributed by atoms with Crippen LogP contribution in [0.5, 0.6) is 0 Å². The quantitative estimate of drug-likeness (QED) is 0.0204. The summed E-state index contributed by atoms with van der Waals surface area (Å²) in [5.41, 5.74) is 0. The van der Waals surface area contributed by atoms with Crippen molar-refractivity contribution in [2.45, 2.75) is 286 Å². The number of allylic oxidation sites excluding steroid dienone is 23. The predicted octanol–water partition coefficient (Wildman–Crippen LogP) is 13.3. The molecule has 2 aliphatic rings. The van der Waals surface area contributed by atoms with E-state index in [1.165, 1.54) is 64.2 Å². The fourth-order valence-corrected chi connectivity index (χ4v) is 9.94. The van der Waals surface area contributed by atoms with Crippen molar-refractivity contribution in [3.05, 3.63) is 146 Å². The van der Waals surface area contributed by atoms with E-state index in [0.29, 0.717) is 6.42 Å². The molecule has 2 rings (SSSR count). The Morgan fingerprint density at radius 1 is 0.425 bits per heavy atom. The smallest absolute Gasteiger partial charge is 0.220 e. The number of aliphatic hydroxyl groups excluding tert-OH is 8. The van der Waals surface area contributed by atoms with Gasteiger partial charge in [0.15, 0.2) is 12.6 Å². The van der Waals surface area contributed by atoms with E-state index in [0.717, 1.165) is 122 Å². The summed E-state index contributed by atoms with van der Waals surface area (Å²) < 4.78 is 22.8. The van der Waals surface area contributed by atoms with Crippen LogP contribution < -0.4 is 5.32 Å². The predicted molar refractivity (Wildman–Crippen MR) is 354 cm³/mol. The molecule has 0 aromatic rings. The van der Waals surface area contributed by atoms with E-state index in [9.17, 15) is 45.6 Å². The van der Waals surface area contributed by atoms with Gasteiger partial charge < -0.3 is 65.1 Å². The molecule has 494 valence electrons. The Labute approximate surface area is 525 Å². The van der Waals surface area contributed by atoms with Gasteiger partial charge in [-0.15, -0.1) is 0 Å². The standard InChI is InChI=1S/C73H119NO13/c1-3-5-7-9-11-13-15-17-19-20-21-22-23-24-25-26-27-28-29-30-31-32-33-34-35-36-37-38-39-40-41-42-43-45-47-49-51-53-55-57-65(78)74-61(62(77)56-54-52-50-48-46-44-18-16-14-12-10-8-6-4-2)60-84-72-70(83)68(81)71(64(59-76)86-72)87-73-69(82)67(80)66(79)63(58-75)85-73/h5,7,11,13,17,19,21-22,24-25,27-28,30-31,33-34,36-37,39-40,42-43,54,56,61-64,66-73,75-77,79-83H,3-4,6,8-10,12,14-16,18,20,23,26,29,32,35,38,41,44-53,55,57-60H2,1-2H3,(H,74,78)/b7-5-,13-11-,19-17-,22-21-,25-24-,28-27-,31-30-,34-33-,37-36-,40-39-,43-42-,56-54+. The van der Waals surface area contributed by atoms with Crippen molar-refractivity contribution in [1.82, 2.24) is 5.32 Å². The summed E-state index contributed by atoms with van der Waals surface area (Å²) in [6, 6.07) is -0.936. The second-order valence-electron chi connectivity index (χ2n) is 22.9. The summed E-state index contributed by atoms with van der Waals surface area (Å²) in [5, 5.41) is 87.2. The van der Waals surface area contributed by atoms with Gasteiger partial charge in [-0.05, 0) is 103 Å². The van der Waals surface area contributed by atoms with E-state index in [4.69, 9.17) is 18.9 Å². The van der Waals surface area contributed by atoms with Gasteiger partial charge in [-0.25, -0.2) is 0 Å². The number of aliphatic hydroxyl groups is 8. The van der Waals surface area contributed by atoms with Gasteiger partial charge in [-0.3, -0.25) is 4.79 Å². The molecule has 87 heavy (non-hydrogen) atoms. The topological polar surface area (TPSA) is 228 Å². The van der Waals surface area contributed by atoms with Crippen molar-refractivity contribution in [3.8, 4) is 0 Å². The van der Waals surface area contributed by atoms with Crippen LogP contribution in [0.4, 0.5) is 0 Å². The number of unbranched alkanes of at least 4 members (excludes halogenated alkanes) is 17. The third kappa shape index (κ3) is 40.3. The molecular formula is C73H119NO13. The van der Waals surface area contributed by atoms with E-state index < -0.39 is 86.8 Å². The van der Waals surface area contributed by atoms with Crippen molar-refractivity contribution >= 4 is 5.91 Å². The molecule has 14 heteroatoms. The first-order valence-electron chi connectivity index (χ1n) is 33.6. The Bertz CT molecular complexity index is 2020. The molecule has 0 aromatic heterocycles. The van der Waals surface area contributed by atoms with Crippen LogP contribution in [0.3, 0.4) is 0 Å². The minimum Gasteiger partial charge on any atom is -0.394 e. The van der Waals surface area contributed by atoms with E-state index in [1.54, 1.807) is 6.08 Å². The zero-order valence-electron chi connectivity index (χ0n) is 53.4. The molecule has 0 aliphatic carbocycles. The number of amides is 1. The lowest BCUT2D eigenvalue weighted by Crippen LogP contribution is -2.65. The second-order valence-corrected chi connectivity index (χ2v) is 22.9. The van der Waals surface area contributed by atoms with Crippen LogP contribution in [-0.4, -0.2) is 140 Å². The normalized spacial score (nSPS) is 24.3. The summed E-state index contributed by atoms with van der Waals surface area (Å²) in [6.07, 6.45) is 67.5. The summed E-state index contributed by atoms with van der Waals surface area (Å²) in [6.45, 7) is 2.65. The largest absolute Gasteiger partial charge is 0.394 e. The average Bonchev–Trinajstić information content (AvgIpc) is 2.05. The van der Waals surface area contributed by atoms with Gasteiger partial charge in [0.05, 0.1) is 32.0 Å². The van der Waals surface area contributed by atoms with Gasteiger partial charge in [0.1, 0.15) is 48.8 Å². The summed E-state index contributed by atoms with van der Waals surface area (Å²) in [5.74, 6) is -0.265. The van der Waals surface area contributed by atoms with Crippen molar-refractivity contribution < 1.29 is 64.6 Å². The molecule has 2 heterocycles. The molecule has 2 aliphatic heterocycles. The number of hydrogen-bond acceptors (Lipinski definition) is 13. The van der Waals surface area contributed by atoms with Crippen LogP contribution in [0, 0.1) is 0 Å². The Morgan fingerprint density at radius 2 is 0.793 bits per heavy atom.